The second kappa shape index (κ2) is 7.89. The first-order valence-electron chi connectivity index (χ1n) is 6.51. The van der Waals surface area contributed by atoms with Gasteiger partial charge in [0.1, 0.15) is 5.82 Å². The van der Waals surface area contributed by atoms with Crippen LogP contribution >= 0.6 is 11.8 Å². The van der Waals surface area contributed by atoms with Gasteiger partial charge < -0.3 is 10.1 Å². The third-order valence-electron chi connectivity index (χ3n) is 2.40. The third kappa shape index (κ3) is 4.85. The molecule has 5 nitrogen and oxygen atoms in total. The van der Waals surface area contributed by atoms with Crippen molar-refractivity contribution in [2.24, 2.45) is 0 Å². The zero-order chi connectivity index (χ0) is 15.1. The van der Waals surface area contributed by atoms with E-state index >= 15 is 0 Å². The fourth-order valence-electron chi connectivity index (χ4n) is 1.57. The second-order valence-electron chi connectivity index (χ2n) is 4.44. The highest BCUT2D eigenvalue weighted by atomic mass is 32.2. The summed E-state index contributed by atoms with van der Waals surface area (Å²) in [6.45, 7) is 8.11. The van der Waals surface area contributed by atoms with Gasteiger partial charge in [0, 0.05) is 17.7 Å². The molecule has 0 aliphatic heterocycles. The summed E-state index contributed by atoms with van der Waals surface area (Å²) in [5.74, 6) is 0.369. The molecule has 0 bridgehead atoms. The van der Waals surface area contributed by atoms with Crippen LogP contribution in [0.4, 0.5) is 5.82 Å². The number of carbonyl (C=O) groups excluding carboxylic acids is 1. The molecule has 1 N–H and O–H groups in total. The largest absolute Gasteiger partial charge is 0.463 e. The van der Waals surface area contributed by atoms with E-state index in [1.807, 2.05) is 27.0 Å². The number of hydrogen-bond donors (Lipinski definition) is 1. The number of hydrogen-bond acceptors (Lipinski definition) is 6. The van der Waals surface area contributed by atoms with Crippen LogP contribution in [0.5, 0.6) is 0 Å². The molecular weight excluding hydrogens is 274 g/mol. The van der Waals surface area contributed by atoms with Crippen molar-refractivity contribution >= 4 is 29.6 Å². The van der Waals surface area contributed by atoms with E-state index in [-0.39, 0.29) is 12.0 Å². The Morgan fingerprint density at radius 1 is 1.45 bits per heavy atom. The van der Waals surface area contributed by atoms with Crippen LogP contribution in [0.2, 0.25) is 0 Å². The molecule has 1 aromatic rings. The number of nitrogens with one attached hydrogen (secondary N) is 1. The molecule has 6 heteroatoms. The summed E-state index contributed by atoms with van der Waals surface area (Å²) in [6.07, 6.45) is 5.03. The van der Waals surface area contributed by atoms with Crippen molar-refractivity contribution in [3.8, 4) is 0 Å². The highest BCUT2D eigenvalue weighted by Crippen LogP contribution is 2.22. The molecule has 110 valence electrons. The minimum absolute atomic E-state index is 0.244. The van der Waals surface area contributed by atoms with E-state index in [1.54, 1.807) is 13.0 Å². The van der Waals surface area contributed by atoms with Gasteiger partial charge in [-0.15, -0.1) is 0 Å². The first-order valence-corrected chi connectivity index (χ1v) is 7.74. The quantitative estimate of drug-likeness (QED) is 0.377. The van der Waals surface area contributed by atoms with E-state index in [0.29, 0.717) is 11.8 Å². The van der Waals surface area contributed by atoms with E-state index in [9.17, 15) is 4.79 Å². The van der Waals surface area contributed by atoms with E-state index in [0.717, 1.165) is 17.1 Å². The van der Waals surface area contributed by atoms with Gasteiger partial charge in [-0.05, 0) is 40.0 Å². The lowest BCUT2D eigenvalue weighted by Gasteiger charge is -2.14. The van der Waals surface area contributed by atoms with Crippen LogP contribution in [0.25, 0.3) is 6.08 Å². The molecule has 1 aromatic heterocycles. The van der Waals surface area contributed by atoms with E-state index in [4.69, 9.17) is 4.74 Å². The smallest absolute Gasteiger partial charge is 0.330 e. The van der Waals surface area contributed by atoms with Gasteiger partial charge in [-0.3, -0.25) is 0 Å². The van der Waals surface area contributed by atoms with Gasteiger partial charge in [0.15, 0.2) is 5.16 Å². The third-order valence-corrected chi connectivity index (χ3v) is 2.94. The molecule has 0 unspecified atom stereocenters. The molecule has 0 aromatic carbocycles. The molecule has 0 amide bonds. The monoisotopic (exact) mass is 295 g/mol. The van der Waals surface area contributed by atoms with Crippen LogP contribution in [0.15, 0.2) is 11.2 Å². The van der Waals surface area contributed by atoms with Crippen LogP contribution in [0.3, 0.4) is 0 Å². The molecule has 0 saturated heterocycles. The predicted molar refractivity (Wildman–Crippen MR) is 83.0 cm³/mol. The minimum atomic E-state index is -0.365. The summed E-state index contributed by atoms with van der Waals surface area (Å²) in [5, 5.41) is 3.98. The zero-order valence-corrected chi connectivity index (χ0v) is 13.4. The lowest BCUT2D eigenvalue weighted by molar-refractivity contribution is -0.137. The van der Waals surface area contributed by atoms with Crippen LogP contribution in [0, 0.1) is 6.92 Å². The van der Waals surface area contributed by atoms with Crippen molar-refractivity contribution in [2.45, 2.75) is 38.9 Å². The number of rotatable bonds is 6. The summed E-state index contributed by atoms with van der Waals surface area (Å²) in [5.41, 5.74) is 1.64. The molecule has 0 saturated carbocycles. The fourth-order valence-corrected chi connectivity index (χ4v) is 1.98. The fraction of sp³-hybridized carbons (Fsp3) is 0.500. The average Bonchev–Trinajstić information content (AvgIpc) is 2.37. The second-order valence-corrected chi connectivity index (χ2v) is 5.22. The number of ether oxygens (including phenoxy) is 1. The maximum Gasteiger partial charge on any atom is 0.330 e. The molecular formula is C14H21N3O2S. The number of esters is 1. The maximum atomic E-state index is 11.4. The lowest BCUT2D eigenvalue weighted by Crippen LogP contribution is -2.14. The van der Waals surface area contributed by atoms with Crippen LogP contribution < -0.4 is 5.32 Å². The van der Waals surface area contributed by atoms with Crippen molar-refractivity contribution in [2.75, 3.05) is 18.2 Å². The normalized spacial score (nSPS) is 11.1. The number of aromatic nitrogens is 2. The highest BCUT2D eigenvalue weighted by Gasteiger charge is 2.10. The van der Waals surface area contributed by atoms with Gasteiger partial charge in [-0.1, -0.05) is 11.8 Å². The molecule has 0 fully saturated rings. The molecule has 0 aliphatic carbocycles. The summed E-state index contributed by atoms with van der Waals surface area (Å²) in [4.78, 5) is 20.3. The van der Waals surface area contributed by atoms with Crippen molar-refractivity contribution < 1.29 is 9.53 Å². The minimum Gasteiger partial charge on any atom is -0.463 e. The molecule has 0 radical (unpaired) electrons. The van der Waals surface area contributed by atoms with E-state index in [2.05, 4.69) is 15.3 Å². The Kier molecular flexibility index (Phi) is 6.51. The summed E-state index contributed by atoms with van der Waals surface area (Å²) >= 11 is 1.49. The van der Waals surface area contributed by atoms with Crippen molar-refractivity contribution in [3.63, 3.8) is 0 Å². The molecule has 0 spiro atoms. The van der Waals surface area contributed by atoms with Crippen molar-refractivity contribution in [1.82, 2.24) is 9.97 Å². The number of carbonyl (C=O) groups is 1. The van der Waals surface area contributed by atoms with Gasteiger partial charge in [0.25, 0.3) is 0 Å². The van der Waals surface area contributed by atoms with Crippen LogP contribution in [-0.4, -0.2) is 34.8 Å². The van der Waals surface area contributed by atoms with Gasteiger partial charge >= 0.3 is 5.97 Å². The Hall–Kier alpha value is -1.56. The van der Waals surface area contributed by atoms with E-state index < -0.39 is 0 Å². The van der Waals surface area contributed by atoms with Gasteiger partial charge in [0.2, 0.25) is 0 Å². The number of nitrogens with zero attached hydrogens (tertiary/aromatic N) is 2. The SMILES string of the molecule is CCOC(=O)/C=C/c1c(C)nc(SC)nc1NC(C)C. The number of aryl methyl sites for hydroxylation is 1. The number of anilines is 1. The Morgan fingerprint density at radius 2 is 2.15 bits per heavy atom. The Balaban J connectivity index is 3.12. The summed E-state index contributed by atoms with van der Waals surface area (Å²) in [6, 6.07) is 0.244. The van der Waals surface area contributed by atoms with Crippen LogP contribution in [0.1, 0.15) is 32.0 Å². The molecule has 0 aliphatic rings. The van der Waals surface area contributed by atoms with E-state index in [1.165, 1.54) is 17.8 Å². The van der Waals surface area contributed by atoms with Gasteiger partial charge in [-0.2, -0.15) is 0 Å². The van der Waals surface area contributed by atoms with Crippen molar-refractivity contribution in [1.29, 1.82) is 0 Å². The topological polar surface area (TPSA) is 64.1 Å². The summed E-state index contributed by atoms with van der Waals surface area (Å²) < 4.78 is 4.88. The van der Waals surface area contributed by atoms with Crippen LogP contribution in [-0.2, 0) is 9.53 Å². The molecule has 20 heavy (non-hydrogen) atoms. The van der Waals surface area contributed by atoms with Gasteiger partial charge in [0.05, 0.1) is 12.3 Å². The van der Waals surface area contributed by atoms with Crippen molar-refractivity contribution in [3.05, 3.63) is 17.3 Å². The first kappa shape index (κ1) is 16.5. The Labute approximate surface area is 124 Å². The lowest BCUT2D eigenvalue weighted by atomic mass is 10.2. The highest BCUT2D eigenvalue weighted by molar-refractivity contribution is 7.98. The number of thioether (sulfide) groups is 1. The first-order chi connectivity index (χ1) is 9.47. The predicted octanol–water partition coefficient (Wildman–Crippen LogP) is 2.90. The maximum absolute atomic E-state index is 11.4. The Bertz CT molecular complexity index is 501. The van der Waals surface area contributed by atoms with Gasteiger partial charge in [-0.25, -0.2) is 14.8 Å². The average molecular weight is 295 g/mol. The molecule has 1 heterocycles. The Morgan fingerprint density at radius 3 is 2.70 bits per heavy atom. The molecule has 1 rings (SSSR count). The summed E-state index contributed by atoms with van der Waals surface area (Å²) in [7, 11) is 0. The standard InChI is InChI=1S/C14H21N3O2S/c1-6-19-12(18)8-7-11-10(4)16-14(20-5)17-13(11)15-9(2)3/h7-9H,6H2,1-5H3,(H,15,16,17)/b8-7+. The zero-order valence-electron chi connectivity index (χ0n) is 12.6. The molecule has 0 atom stereocenters.